The molecule has 3 unspecified atom stereocenters. The second-order valence-corrected chi connectivity index (χ2v) is 5.16. The predicted octanol–water partition coefficient (Wildman–Crippen LogP) is 3.63. The van der Waals surface area contributed by atoms with E-state index in [0.717, 1.165) is 7.11 Å². The lowest BCUT2D eigenvalue weighted by atomic mass is 9.79. The van der Waals surface area contributed by atoms with Crippen molar-refractivity contribution in [3.63, 3.8) is 0 Å². The summed E-state index contributed by atoms with van der Waals surface area (Å²) in [5.41, 5.74) is -0.693. The van der Waals surface area contributed by atoms with E-state index in [2.05, 4.69) is 0 Å². The molecule has 0 spiro atoms. The van der Waals surface area contributed by atoms with Crippen molar-refractivity contribution >= 4 is 5.78 Å². The van der Waals surface area contributed by atoms with Crippen molar-refractivity contribution in [2.45, 2.75) is 45.4 Å². The lowest BCUT2D eigenvalue weighted by Crippen LogP contribution is -2.46. The van der Waals surface area contributed by atoms with Crippen LogP contribution in [0.3, 0.4) is 0 Å². The van der Waals surface area contributed by atoms with E-state index in [4.69, 9.17) is 34.1 Å². The second-order valence-electron chi connectivity index (χ2n) is 5.16. The van der Waals surface area contributed by atoms with Crippen molar-refractivity contribution in [1.29, 1.82) is 0 Å². The molecule has 4 heteroatoms. The van der Waals surface area contributed by atoms with Gasteiger partial charge >= 0.3 is 0 Å². The number of piperidine rings is 1. The summed E-state index contributed by atoms with van der Waals surface area (Å²) < 4.78 is 159. The van der Waals surface area contributed by atoms with Gasteiger partial charge in [-0.05, 0) is 41.9 Å². The highest BCUT2D eigenvalue weighted by atomic mass is 16.5. The van der Waals surface area contributed by atoms with E-state index in [1.54, 1.807) is 0 Å². The Bertz CT molecular complexity index is 1270. The number of carbonyl (C=O) groups is 1. The second kappa shape index (κ2) is 7.14. The highest BCUT2D eigenvalue weighted by Gasteiger charge is 2.38. The molecule has 0 N–H and O–H groups in total. The number of carbonyl (C=O) groups excluding carboxylic acids is 1. The maximum atomic E-state index is 13.9. The summed E-state index contributed by atoms with van der Waals surface area (Å²) in [7, 11) is -2.13. The third-order valence-electron chi connectivity index (χ3n) is 3.79. The van der Waals surface area contributed by atoms with Gasteiger partial charge in [-0.2, -0.15) is 0 Å². The number of benzene rings is 1. The number of methoxy groups -OCH3 is 2. The van der Waals surface area contributed by atoms with Crippen LogP contribution in [0.15, 0.2) is 12.1 Å². The minimum absolute atomic E-state index is 0.133. The quantitative estimate of drug-likeness (QED) is 0.814. The van der Waals surface area contributed by atoms with Gasteiger partial charge in [0.15, 0.2) is 11.5 Å². The van der Waals surface area contributed by atoms with E-state index in [9.17, 15) is 4.79 Å². The van der Waals surface area contributed by atoms with Crippen LogP contribution >= 0.6 is 0 Å². The molecule has 3 atom stereocenters. The fourth-order valence-electron chi connectivity index (χ4n) is 2.61. The summed E-state index contributed by atoms with van der Waals surface area (Å²) in [6.45, 7) is -7.62. The molecule has 0 aromatic heterocycles. The number of ketones is 1. The smallest absolute Gasteiger partial charge is 0.161 e. The third-order valence-corrected chi connectivity index (χ3v) is 3.79. The topological polar surface area (TPSA) is 38.8 Å². The molecular weight excluding hydrogens is 302 g/mol. The van der Waals surface area contributed by atoms with E-state index < -0.39 is 98.8 Å². The first-order valence-corrected chi connectivity index (χ1v) is 7.20. The highest BCUT2D eigenvalue weighted by Crippen LogP contribution is 2.42. The summed E-state index contributed by atoms with van der Waals surface area (Å²) in [5.74, 6) is -11.6. The van der Waals surface area contributed by atoms with Gasteiger partial charge in [0.1, 0.15) is 5.78 Å². The average Bonchev–Trinajstić information content (AvgIpc) is 2.81. The summed E-state index contributed by atoms with van der Waals surface area (Å²) in [5, 5.41) is 0. The van der Waals surface area contributed by atoms with Gasteiger partial charge < -0.3 is 9.47 Å². The number of hydrogen-bond donors (Lipinski definition) is 0. The van der Waals surface area contributed by atoms with Crippen molar-refractivity contribution in [3.8, 4) is 11.5 Å². The first-order valence-electron chi connectivity index (χ1n) is 16.2. The van der Waals surface area contributed by atoms with E-state index in [1.807, 2.05) is 0 Å². The van der Waals surface area contributed by atoms with Crippen molar-refractivity contribution in [1.82, 2.24) is 4.90 Å². The minimum Gasteiger partial charge on any atom is -0.493 e. The van der Waals surface area contributed by atoms with Crippen LogP contribution in [0.5, 0.6) is 11.5 Å². The fourth-order valence-corrected chi connectivity index (χ4v) is 2.61. The number of hydrogen-bond acceptors (Lipinski definition) is 4. The molecule has 1 aromatic rings. The van der Waals surface area contributed by atoms with Gasteiger partial charge in [-0.3, -0.25) is 9.69 Å². The lowest BCUT2D eigenvalue weighted by Gasteiger charge is -2.43. The monoisotopic (exact) mass is 349 g/mol. The molecule has 2 aliphatic heterocycles. The molecule has 3 rings (SSSR count). The lowest BCUT2D eigenvalue weighted by molar-refractivity contribution is -0.129. The Labute approximate surface area is 170 Å². The Balaban J connectivity index is 2.42. The summed E-state index contributed by atoms with van der Waals surface area (Å²) >= 11 is 0. The van der Waals surface area contributed by atoms with Gasteiger partial charge in [0.2, 0.25) is 0 Å². The Morgan fingerprint density at radius 3 is 3.12 bits per heavy atom. The average molecular weight is 350 g/mol. The van der Waals surface area contributed by atoms with Gasteiger partial charge in [0.25, 0.3) is 0 Å². The number of Topliss-reactive ketones (excluding diaryl/α,β-unsaturated/α-hetero) is 1. The number of nitrogens with zero attached hydrogens (tertiary/aromatic N) is 1. The molecule has 0 amide bonds. The van der Waals surface area contributed by atoms with Crippen LogP contribution in [0.2, 0.25) is 0 Å². The molecule has 2 aliphatic rings. The molecule has 0 radical (unpaired) electrons. The summed E-state index contributed by atoms with van der Waals surface area (Å²) in [6.07, 6.45) is -11.4. The van der Waals surface area contributed by atoms with Gasteiger partial charge in [-0.25, -0.2) is 0 Å². The number of rotatable bonds is 5. The molecule has 0 aliphatic carbocycles. The molecular formula is C20H29NO3. The first kappa shape index (κ1) is 5.73. The molecule has 1 aromatic carbocycles. The third kappa shape index (κ3) is 3.16. The normalized spacial score (nSPS) is 46.8. The van der Waals surface area contributed by atoms with E-state index in [0.29, 0.717) is 11.8 Å². The number of ether oxygens (including phenoxy) is 2. The van der Waals surface area contributed by atoms with Crippen LogP contribution in [-0.4, -0.2) is 37.9 Å². The molecule has 1 fully saturated rings. The summed E-state index contributed by atoms with van der Waals surface area (Å²) in [6, 6.07) is -3.60. The van der Waals surface area contributed by atoms with Crippen molar-refractivity contribution in [3.05, 3.63) is 23.2 Å². The Morgan fingerprint density at radius 1 is 1.58 bits per heavy atom. The predicted molar refractivity (Wildman–Crippen MR) is 94.8 cm³/mol. The zero-order chi connectivity index (χ0) is 33.0. The maximum absolute atomic E-state index is 13.9. The Morgan fingerprint density at radius 2 is 2.42 bits per heavy atom. The van der Waals surface area contributed by atoms with Crippen LogP contribution in [0.1, 0.15) is 74.7 Å². The molecule has 24 heavy (non-hydrogen) atoms. The maximum Gasteiger partial charge on any atom is 0.161 e. The largest absolute Gasteiger partial charge is 0.493 e. The van der Waals surface area contributed by atoms with Crippen molar-refractivity contribution < 1.29 is 38.9 Å². The zero-order valence-electron chi connectivity index (χ0n) is 31.2. The van der Waals surface area contributed by atoms with E-state index in [1.165, 1.54) is 0 Å². The Kier molecular flexibility index (Phi) is 1.70. The van der Waals surface area contributed by atoms with Crippen molar-refractivity contribution in [2.75, 3.05) is 27.2 Å². The Hall–Kier alpha value is -1.55. The molecule has 1 saturated heterocycles. The minimum atomic E-state index is -4.22. The molecule has 2 heterocycles. The van der Waals surface area contributed by atoms with Crippen LogP contribution in [0.4, 0.5) is 0 Å². The zero-order valence-corrected chi connectivity index (χ0v) is 13.2. The SMILES string of the molecule is [2H]c1c2c(c([2H])c(OC([2H])([2H])[2H])c1OC)C1N(CC2)C([2H])([2H])C([2H])(C([2H])([2H])C([2H])(C([2H])([2H])[2H])C([2H])([2H])C)C(=O)C1([2H])[2H]. The van der Waals surface area contributed by atoms with E-state index in [-0.39, 0.29) is 12.0 Å². The van der Waals surface area contributed by atoms with E-state index >= 15 is 0 Å². The van der Waals surface area contributed by atoms with Crippen LogP contribution < -0.4 is 9.47 Å². The molecule has 4 nitrogen and oxygen atoms in total. The van der Waals surface area contributed by atoms with Gasteiger partial charge in [-0.1, -0.05) is 20.1 Å². The molecule has 0 bridgehead atoms. The van der Waals surface area contributed by atoms with Crippen LogP contribution in [-0.2, 0) is 11.2 Å². The standard InChI is InChI=1S/C20H29NO3/c1-5-13(2)8-15-12-21-7-6-14-9-19(23-3)20(24-4)10-16(14)17(21)11-18(15)22/h9-10,13,15,17H,5-8,11-12H2,1-4H3/i2D3,4D3,5D2,8D2,9D,10D,11D2,12D2,13D,15D. The summed E-state index contributed by atoms with van der Waals surface area (Å²) in [4.78, 5) is 14.4. The fraction of sp³-hybridized carbons (Fsp3) is 0.650. The van der Waals surface area contributed by atoms with Crippen molar-refractivity contribution in [2.24, 2.45) is 11.8 Å². The van der Waals surface area contributed by atoms with Gasteiger partial charge in [-0.15, -0.1) is 0 Å². The van der Waals surface area contributed by atoms with Gasteiger partial charge in [0.05, 0.1) is 21.0 Å². The molecule has 0 saturated carbocycles. The van der Waals surface area contributed by atoms with Crippen LogP contribution in [0, 0.1) is 11.8 Å². The highest BCUT2D eigenvalue weighted by molar-refractivity contribution is 5.83. The van der Waals surface area contributed by atoms with Crippen LogP contribution in [0.25, 0.3) is 0 Å². The molecule has 132 valence electrons. The first-order chi connectivity index (χ1) is 18.5. The number of fused-ring (bicyclic) bond motifs is 3. The van der Waals surface area contributed by atoms with Gasteiger partial charge in [0, 0.05) is 49.2 Å².